The average molecular weight is 270 g/mol. The van der Waals surface area contributed by atoms with Gasteiger partial charge in [-0.15, -0.1) is 0 Å². The Morgan fingerprint density at radius 3 is 2.40 bits per heavy atom. The molecule has 1 aromatic rings. The normalized spacial score (nSPS) is 16.1. The Morgan fingerprint density at radius 2 is 1.95 bits per heavy atom. The SMILES string of the molecule is N#Cc1ccc(/C=C/C(=O)NC2(C(=O)O)CCC2)cc1. The first kappa shape index (κ1) is 13.8. The predicted molar refractivity (Wildman–Crippen MR) is 72.6 cm³/mol. The van der Waals surface area contributed by atoms with E-state index in [9.17, 15) is 9.59 Å². The van der Waals surface area contributed by atoms with Gasteiger partial charge in [-0.3, -0.25) is 4.79 Å². The van der Waals surface area contributed by atoms with E-state index in [1.807, 2.05) is 6.07 Å². The third kappa shape index (κ3) is 2.86. The summed E-state index contributed by atoms with van der Waals surface area (Å²) in [6.45, 7) is 0. The summed E-state index contributed by atoms with van der Waals surface area (Å²) in [5.41, 5.74) is 0.231. The highest BCUT2D eigenvalue weighted by molar-refractivity contribution is 5.96. The number of amides is 1. The zero-order chi connectivity index (χ0) is 14.6. The third-order valence-corrected chi connectivity index (χ3v) is 3.45. The van der Waals surface area contributed by atoms with Gasteiger partial charge in [0.25, 0.3) is 0 Å². The van der Waals surface area contributed by atoms with Gasteiger partial charge in [0, 0.05) is 6.08 Å². The fraction of sp³-hybridized carbons (Fsp3) is 0.267. The topological polar surface area (TPSA) is 90.2 Å². The van der Waals surface area contributed by atoms with Crippen LogP contribution in [-0.2, 0) is 9.59 Å². The molecule has 0 radical (unpaired) electrons. The average Bonchev–Trinajstić information content (AvgIpc) is 2.40. The molecule has 5 nitrogen and oxygen atoms in total. The number of carboxylic acid groups (broad SMARTS) is 1. The van der Waals surface area contributed by atoms with Crippen molar-refractivity contribution in [1.29, 1.82) is 5.26 Å². The second-order valence-electron chi connectivity index (χ2n) is 4.80. The molecular formula is C15H14N2O3. The van der Waals surface area contributed by atoms with Gasteiger partial charge in [-0.05, 0) is 43.0 Å². The summed E-state index contributed by atoms with van der Waals surface area (Å²) in [5.74, 6) is -1.40. The second kappa shape index (κ2) is 5.57. The second-order valence-corrected chi connectivity index (χ2v) is 4.80. The van der Waals surface area contributed by atoms with E-state index < -0.39 is 17.4 Å². The van der Waals surface area contributed by atoms with E-state index in [2.05, 4.69) is 5.32 Å². The van der Waals surface area contributed by atoms with Crippen molar-refractivity contribution in [3.63, 3.8) is 0 Å². The van der Waals surface area contributed by atoms with Crippen LogP contribution in [0.5, 0.6) is 0 Å². The maximum Gasteiger partial charge on any atom is 0.329 e. The van der Waals surface area contributed by atoms with Crippen LogP contribution in [0.2, 0.25) is 0 Å². The lowest BCUT2D eigenvalue weighted by atomic mass is 9.77. The Labute approximate surface area is 116 Å². The number of hydrogen-bond donors (Lipinski definition) is 2. The zero-order valence-electron chi connectivity index (χ0n) is 10.8. The standard InChI is InChI=1S/C15H14N2O3/c16-10-12-4-2-11(3-5-12)6-7-13(18)17-15(14(19)20)8-1-9-15/h2-7H,1,8-9H2,(H,17,18)(H,19,20)/b7-6+. The number of carboxylic acids is 1. The molecule has 1 saturated carbocycles. The Kier molecular flexibility index (Phi) is 3.85. The summed E-state index contributed by atoms with van der Waals surface area (Å²) in [7, 11) is 0. The summed E-state index contributed by atoms with van der Waals surface area (Å²) in [6.07, 6.45) is 4.65. The van der Waals surface area contributed by atoms with Crippen LogP contribution >= 0.6 is 0 Å². The molecule has 1 aromatic carbocycles. The van der Waals surface area contributed by atoms with Gasteiger partial charge < -0.3 is 10.4 Å². The van der Waals surface area contributed by atoms with E-state index in [0.717, 1.165) is 12.0 Å². The van der Waals surface area contributed by atoms with Crippen LogP contribution in [0.25, 0.3) is 6.08 Å². The van der Waals surface area contributed by atoms with Crippen molar-refractivity contribution in [3.05, 3.63) is 41.5 Å². The molecule has 0 aromatic heterocycles. The lowest BCUT2D eigenvalue weighted by Crippen LogP contribution is -2.58. The smallest absolute Gasteiger partial charge is 0.329 e. The molecule has 0 atom stereocenters. The van der Waals surface area contributed by atoms with Crippen molar-refractivity contribution in [3.8, 4) is 6.07 Å². The first-order chi connectivity index (χ1) is 9.55. The molecule has 1 aliphatic carbocycles. The molecule has 5 heteroatoms. The highest BCUT2D eigenvalue weighted by atomic mass is 16.4. The molecule has 0 saturated heterocycles. The van der Waals surface area contributed by atoms with Crippen molar-refractivity contribution in [1.82, 2.24) is 5.32 Å². The number of carbonyl (C=O) groups is 2. The molecule has 20 heavy (non-hydrogen) atoms. The van der Waals surface area contributed by atoms with E-state index in [-0.39, 0.29) is 0 Å². The summed E-state index contributed by atoms with van der Waals surface area (Å²) >= 11 is 0. The Morgan fingerprint density at radius 1 is 1.30 bits per heavy atom. The molecule has 1 aliphatic rings. The molecule has 0 aliphatic heterocycles. The largest absolute Gasteiger partial charge is 0.480 e. The summed E-state index contributed by atoms with van der Waals surface area (Å²) < 4.78 is 0. The molecule has 1 fully saturated rings. The first-order valence-corrected chi connectivity index (χ1v) is 6.29. The number of nitriles is 1. The van der Waals surface area contributed by atoms with Crippen LogP contribution in [0.3, 0.4) is 0 Å². The molecule has 0 bridgehead atoms. The zero-order valence-corrected chi connectivity index (χ0v) is 10.8. The van der Waals surface area contributed by atoms with Crippen LogP contribution in [0, 0.1) is 11.3 Å². The quantitative estimate of drug-likeness (QED) is 0.815. The Bertz CT molecular complexity index is 593. The lowest BCUT2D eigenvalue weighted by Gasteiger charge is -2.37. The van der Waals surface area contributed by atoms with Gasteiger partial charge in [-0.1, -0.05) is 12.1 Å². The molecule has 1 amide bonds. The summed E-state index contributed by atoms with van der Waals surface area (Å²) in [6, 6.07) is 8.76. The number of hydrogen-bond acceptors (Lipinski definition) is 3. The predicted octanol–water partition coefficient (Wildman–Crippen LogP) is 1.69. The molecule has 102 valence electrons. The van der Waals surface area contributed by atoms with Crippen LogP contribution in [-0.4, -0.2) is 22.5 Å². The van der Waals surface area contributed by atoms with Crippen molar-refractivity contribution in [2.75, 3.05) is 0 Å². The molecule has 2 N–H and O–H groups in total. The molecule has 0 spiro atoms. The molecule has 2 rings (SSSR count). The minimum Gasteiger partial charge on any atom is -0.480 e. The summed E-state index contributed by atoms with van der Waals surface area (Å²) in [5, 5.41) is 20.3. The summed E-state index contributed by atoms with van der Waals surface area (Å²) in [4.78, 5) is 22.9. The van der Waals surface area contributed by atoms with Crippen LogP contribution in [0.15, 0.2) is 30.3 Å². The van der Waals surface area contributed by atoms with Crippen molar-refractivity contribution in [2.24, 2.45) is 0 Å². The third-order valence-electron chi connectivity index (χ3n) is 3.45. The Hall–Kier alpha value is -2.61. The van der Waals surface area contributed by atoms with E-state index in [4.69, 9.17) is 10.4 Å². The lowest BCUT2D eigenvalue weighted by molar-refractivity contribution is -0.151. The van der Waals surface area contributed by atoms with Gasteiger partial charge in [0.05, 0.1) is 11.6 Å². The van der Waals surface area contributed by atoms with Crippen molar-refractivity contribution < 1.29 is 14.7 Å². The number of rotatable bonds is 4. The van der Waals surface area contributed by atoms with Gasteiger partial charge in [0.15, 0.2) is 0 Å². The highest BCUT2D eigenvalue weighted by Gasteiger charge is 2.45. The van der Waals surface area contributed by atoms with E-state index in [1.54, 1.807) is 30.3 Å². The van der Waals surface area contributed by atoms with Gasteiger partial charge >= 0.3 is 5.97 Å². The fourth-order valence-electron chi connectivity index (χ4n) is 2.04. The fourth-order valence-corrected chi connectivity index (χ4v) is 2.04. The maximum absolute atomic E-state index is 11.7. The van der Waals surface area contributed by atoms with Gasteiger partial charge in [0.2, 0.25) is 5.91 Å². The van der Waals surface area contributed by atoms with E-state index >= 15 is 0 Å². The molecule has 0 heterocycles. The van der Waals surface area contributed by atoms with Crippen LogP contribution in [0.4, 0.5) is 0 Å². The van der Waals surface area contributed by atoms with E-state index in [1.165, 1.54) is 6.08 Å². The molecule has 0 unspecified atom stereocenters. The minimum atomic E-state index is -1.09. The number of benzene rings is 1. The van der Waals surface area contributed by atoms with Crippen molar-refractivity contribution >= 4 is 18.0 Å². The number of nitrogens with zero attached hydrogens (tertiary/aromatic N) is 1. The van der Waals surface area contributed by atoms with Crippen LogP contribution in [0.1, 0.15) is 30.4 Å². The Balaban J connectivity index is 1.98. The van der Waals surface area contributed by atoms with Gasteiger partial charge in [-0.25, -0.2) is 4.79 Å². The van der Waals surface area contributed by atoms with Crippen LogP contribution < -0.4 is 5.32 Å². The number of carbonyl (C=O) groups excluding carboxylic acids is 1. The van der Waals surface area contributed by atoms with Crippen molar-refractivity contribution in [2.45, 2.75) is 24.8 Å². The minimum absolute atomic E-state index is 0.420. The monoisotopic (exact) mass is 270 g/mol. The van der Waals surface area contributed by atoms with Gasteiger partial charge in [0.1, 0.15) is 5.54 Å². The number of aliphatic carboxylic acids is 1. The number of nitrogens with one attached hydrogen (secondary N) is 1. The maximum atomic E-state index is 11.7. The highest BCUT2D eigenvalue weighted by Crippen LogP contribution is 2.31. The van der Waals surface area contributed by atoms with E-state index in [0.29, 0.717) is 18.4 Å². The molecular weight excluding hydrogens is 256 g/mol. The first-order valence-electron chi connectivity index (χ1n) is 6.29. The van der Waals surface area contributed by atoms with Gasteiger partial charge in [-0.2, -0.15) is 5.26 Å².